The second-order valence-corrected chi connectivity index (χ2v) is 8.41. The Labute approximate surface area is 157 Å². The Kier molecular flexibility index (Phi) is 5.99. The molecule has 0 unspecified atom stereocenters. The van der Waals surface area contributed by atoms with Gasteiger partial charge in [-0.1, -0.05) is 34.9 Å². The summed E-state index contributed by atoms with van der Waals surface area (Å²) in [5, 5.41) is 9.83. The van der Waals surface area contributed by atoms with E-state index < -0.39 is 30.1 Å². The molecule has 0 amide bonds. The van der Waals surface area contributed by atoms with Gasteiger partial charge in [0.2, 0.25) is 0 Å². The highest BCUT2D eigenvalue weighted by atomic mass is 79.9. The monoisotopic (exact) mass is 410 g/mol. The minimum atomic E-state index is -1.36. The molecule has 1 aromatic carbocycles. The van der Waals surface area contributed by atoms with E-state index in [9.17, 15) is 14.6 Å². The van der Waals surface area contributed by atoms with Crippen molar-refractivity contribution in [1.29, 1.82) is 0 Å². The highest BCUT2D eigenvalue weighted by Crippen LogP contribution is 2.39. The van der Waals surface area contributed by atoms with Gasteiger partial charge in [0.1, 0.15) is 0 Å². The lowest BCUT2D eigenvalue weighted by atomic mass is 9.60. The fourth-order valence-corrected chi connectivity index (χ4v) is 3.46. The van der Waals surface area contributed by atoms with Crippen molar-refractivity contribution < 1.29 is 24.1 Å². The molecule has 1 saturated heterocycles. The average molecular weight is 411 g/mol. The average Bonchev–Trinajstić information content (AvgIpc) is 2.46. The number of cyclic esters (lactones) is 2. The highest BCUT2D eigenvalue weighted by molar-refractivity contribution is 9.10. The van der Waals surface area contributed by atoms with Crippen molar-refractivity contribution in [3.63, 3.8) is 0 Å². The molecule has 0 radical (unpaired) electrons. The molecule has 5 nitrogen and oxygen atoms in total. The zero-order chi connectivity index (χ0) is 18.8. The molecule has 2 rings (SSSR count). The van der Waals surface area contributed by atoms with Crippen molar-refractivity contribution in [2.24, 2.45) is 11.3 Å². The maximum Gasteiger partial charge on any atom is 0.326 e. The van der Waals surface area contributed by atoms with Gasteiger partial charge >= 0.3 is 11.9 Å². The molecule has 1 N–H and O–H groups in total. The Bertz CT molecular complexity index is 621. The number of hydrogen-bond acceptors (Lipinski definition) is 5. The van der Waals surface area contributed by atoms with E-state index in [4.69, 9.17) is 9.47 Å². The Morgan fingerprint density at radius 2 is 1.64 bits per heavy atom. The standard InChI is InChI=1S/C18H24BBrO5/c1-17(2)24-15(21)18(3,16(22)25-17)10-13(11-19(4)23)9-12-5-7-14(20)8-6-12/h5-8,13,23H,9-11H2,1-4H3/t13-/m1/s1. The van der Waals surface area contributed by atoms with Gasteiger partial charge in [0, 0.05) is 18.3 Å². The summed E-state index contributed by atoms with van der Waals surface area (Å²) in [6, 6.07) is 7.87. The van der Waals surface area contributed by atoms with Crippen LogP contribution in [0.2, 0.25) is 13.1 Å². The first-order chi connectivity index (χ1) is 11.5. The number of carbonyl (C=O) groups excluding carboxylic acids is 2. The number of benzene rings is 1. The van der Waals surface area contributed by atoms with E-state index in [2.05, 4.69) is 15.9 Å². The van der Waals surface area contributed by atoms with Crippen molar-refractivity contribution in [2.75, 3.05) is 0 Å². The van der Waals surface area contributed by atoms with E-state index in [0.717, 1.165) is 10.0 Å². The smallest absolute Gasteiger partial charge is 0.326 e. The van der Waals surface area contributed by atoms with Gasteiger partial charge in [-0.05, 0) is 49.7 Å². The lowest BCUT2D eigenvalue weighted by molar-refractivity contribution is -0.250. The Hall–Kier alpha value is -1.34. The van der Waals surface area contributed by atoms with Gasteiger partial charge < -0.3 is 14.5 Å². The molecule has 1 atom stereocenters. The molecular formula is C18H24BBrO5. The van der Waals surface area contributed by atoms with Crippen molar-refractivity contribution in [3.8, 4) is 0 Å². The maximum absolute atomic E-state index is 12.5. The number of esters is 2. The number of halogens is 1. The van der Waals surface area contributed by atoms with Gasteiger partial charge in [0.15, 0.2) is 5.41 Å². The summed E-state index contributed by atoms with van der Waals surface area (Å²) in [5.74, 6) is -2.44. The Morgan fingerprint density at radius 1 is 1.12 bits per heavy atom. The third-order valence-electron chi connectivity index (χ3n) is 4.39. The summed E-state index contributed by atoms with van der Waals surface area (Å²) in [5.41, 5.74) is -0.278. The second-order valence-electron chi connectivity index (χ2n) is 7.50. The molecular weight excluding hydrogens is 387 g/mol. The zero-order valence-electron chi connectivity index (χ0n) is 15.0. The molecule has 0 spiro atoms. The van der Waals surface area contributed by atoms with Crippen LogP contribution in [0.1, 0.15) is 32.8 Å². The minimum Gasteiger partial charge on any atom is -0.451 e. The van der Waals surface area contributed by atoms with Crippen LogP contribution in [0, 0.1) is 11.3 Å². The summed E-state index contributed by atoms with van der Waals surface area (Å²) in [7, 11) is 0. The quantitative estimate of drug-likeness (QED) is 0.441. The largest absolute Gasteiger partial charge is 0.451 e. The van der Waals surface area contributed by atoms with Gasteiger partial charge in [-0.3, -0.25) is 9.59 Å². The van der Waals surface area contributed by atoms with E-state index in [1.54, 1.807) is 13.7 Å². The van der Waals surface area contributed by atoms with E-state index >= 15 is 0 Å². The van der Waals surface area contributed by atoms with Crippen LogP contribution in [0.25, 0.3) is 0 Å². The van der Waals surface area contributed by atoms with E-state index in [0.29, 0.717) is 12.7 Å². The van der Waals surface area contributed by atoms with E-state index in [-0.39, 0.29) is 12.3 Å². The summed E-state index contributed by atoms with van der Waals surface area (Å²) in [6.45, 7) is 5.81. The summed E-state index contributed by atoms with van der Waals surface area (Å²) in [4.78, 5) is 24.9. The van der Waals surface area contributed by atoms with Crippen LogP contribution < -0.4 is 0 Å². The van der Waals surface area contributed by atoms with Gasteiger partial charge in [-0.25, -0.2) is 0 Å². The number of carbonyl (C=O) groups is 2. The Balaban J connectivity index is 2.19. The van der Waals surface area contributed by atoms with Crippen LogP contribution >= 0.6 is 15.9 Å². The molecule has 0 aliphatic carbocycles. The molecule has 0 aromatic heterocycles. The first-order valence-electron chi connectivity index (χ1n) is 8.41. The van der Waals surface area contributed by atoms with Crippen LogP contribution in [0.4, 0.5) is 0 Å². The zero-order valence-corrected chi connectivity index (χ0v) is 16.6. The van der Waals surface area contributed by atoms with Crippen LogP contribution in [-0.2, 0) is 25.5 Å². The molecule has 7 heteroatoms. The number of hydrogen-bond donors (Lipinski definition) is 1. The molecule has 136 valence electrons. The van der Waals surface area contributed by atoms with Crippen molar-refractivity contribution in [2.45, 2.75) is 52.5 Å². The first-order valence-corrected chi connectivity index (χ1v) is 9.20. The lowest BCUT2D eigenvalue weighted by Crippen LogP contribution is -2.53. The van der Waals surface area contributed by atoms with Crippen molar-refractivity contribution >= 4 is 34.8 Å². The molecule has 25 heavy (non-hydrogen) atoms. The molecule has 1 aliphatic heterocycles. The normalized spacial score (nSPS) is 19.8. The van der Waals surface area contributed by atoms with E-state index in [1.165, 1.54) is 13.8 Å². The summed E-state index contributed by atoms with van der Waals surface area (Å²) in [6.07, 6.45) is 1.40. The molecule has 1 heterocycles. The molecule has 1 aliphatic rings. The third-order valence-corrected chi connectivity index (χ3v) is 4.92. The predicted octanol–water partition coefficient (Wildman–Crippen LogP) is 3.45. The third kappa shape index (κ3) is 5.08. The highest BCUT2D eigenvalue weighted by Gasteiger charge is 2.53. The first kappa shape index (κ1) is 20.0. The van der Waals surface area contributed by atoms with Crippen LogP contribution in [0.5, 0.6) is 0 Å². The summed E-state index contributed by atoms with van der Waals surface area (Å²) >= 11 is 3.40. The molecule has 1 fully saturated rings. The molecule has 1 aromatic rings. The van der Waals surface area contributed by atoms with Gasteiger partial charge in [-0.15, -0.1) is 0 Å². The topological polar surface area (TPSA) is 72.8 Å². The fourth-order valence-electron chi connectivity index (χ4n) is 3.19. The van der Waals surface area contributed by atoms with Gasteiger partial charge in [0.05, 0.1) is 0 Å². The van der Waals surface area contributed by atoms with E-state index in [1.807, 2.05) is 24.3 Å². The fraction of sp³-hybridized carbons (Fsp3) is 0.556. The van der Waals surface area contributed by atoms with Crippen molar-refractivity contribution in [1.82, 2.24) is 0 Å². The van der Waals surface area contributed by atoms with Crippen LogP contribution in [0.3, 0.4) is 0 Å². The predicted molar refractivity (Wildman–Crippen MR) is 99.0 cm³/mol. The van der Waals surface area contributed by atoms with Gasteiger partial charge in [0.25, 0.3) is 12.7 Å². The number of rotatable bonds is 6. The summed E-state index contributed by atoms with van der Waals surface area (Å²) < 4.78 is 11.5. The van der Waals surface area contributed by atoms with Gasteiger partial charge in [-0.2, -0.15) is 0 Å². The SMILES string of the molecule is CB(O)C[C@H](Cc1ccc(Br)cc1)CC1(C)C(=O)OC(C)(C)OC1=O. The lowest BCUT2D eigenvalue weighted by Gasteiger charge is -2.39. The Morgan fingerprint density at radius 3 is 2.12 bits per heavy atom. The van der Waals surface area contributed by atoms with Crippen LogP contribution in [-0.4, -0.2) is 29.7 Å². The second kappa shape index (κ2) is 7.50. The maximum atomic E-state index is 12.5. The molecule has 0 saturated carbocycles. The minimum absolute atomic E-state index is 0.0625. The molecule has 0 bridgehead atoms. The number of ether oxygens (including phenoxy) is 2. The van der Waals surface area contributed by atoms with Crippen LogP contribution in [0.15, 0.2) is 28.7 Å². The van der Waals surface area contributed by atoms with Crippen molar-refractivity contribution in [3.05, 3.63) is 34.3 Å².